The van der Waals surface area contributed by atoms with E-state index in [0.717, 1.165) is 5.56 Å². The van der Waals surface area contributed by atoms with Gasteiger partial charge in [-0.05, 0) is 16.0 Å². The van der Waals surface area contributed by atoms with Crippen LogP contribution in [0.2, 0.25) is 0 Å². The quantitative estimate of drug-likeness (QED) is 0.742. The van der Waals surface area contributed by atoms with Gasteiger partial charge in [0.2, 0.25) is 5.91 Å². The summed E-state index contributed by atoms with van der Waals surface area (Å²) in [7, 11) is 0. The molecule has 8 nitrogen and oxygen atoms in total. The summed E-state index contributed by atoms with van der Waals surface area (Å²) >= 11 is 0. The highest BCUT2D eigenvalue weighted by Gasteiger charge is 2.11. The lowest BCUT2D eigenvalue weighted by Gasteiger charge is -2.06. The van der Waals surface area contributed by atoms with Crippen molar-refractivity contribution >= 4 is 11.9 Å². The van der Waals surface area contributed by atoms with Crippen LogP contribution in [0.25, 0.3) is 0 Å². The van der Waals surface area contributed by atoms with Crippen molar-refractivity contribution in [3.05, 3.63) is 41.7 Å². The van der Waals surface area contributed by atoms with E-state index in [1.807, 2.05) is 30.3 Å². The summed E-state index contributed by atoms with van der Waals surface area (Å²) in [6.07, 6.45) is 0.111. The number of tetrazole rings is 1. The minimum atomic E-state index is -0.932. The average Bonchev–Trinajstić information content (AvgIpc) is 2.91. The number of hydrogen-bond donors (Lipinski definition) is 2. The first-order valence-corrected chi connectivity index (χ1v) is 6.42. The minimum absolute atomic E-state index is 0.0330. The molecule has 2 rings (SSSR count). The number of aromatic nitrogens is 4. The van der Waals surface area contributed by atoms with Gasteiger partial charge in [0.1, 0.15) is 6.54 Å². The van der Waals surface area contributed by atoms with E-state index < -0.39 is 5.97 Å². The third-order valence-corrected chi connectivity index (χ3v) is 2.79. The van der Waals surface area contributed by atoms with Gasteiger partial charge in [-0.25, -0.2) is 4.68 Å². The fourth-order valence-electron chi connectivity index (χ4n) is 1.73. The molecule has 110 valence electrons. The molecule has 2 N–H and O–H groups in total. The second kappa shape index (κ2) is 7.13. The molecule has 0 atom stereocenters. The Morgan fingerprint density at radius 1 is 1.24 bits per heavy atom. The summed E-state index contributed by atoms with van der Waals surface area (Å²) in [5.74, 6) is -0.784. The molecule has 21 heavy (non-hydrogen) atoms. The maximum Gasteiger partial charge on any atom is 0.303 e. The van der Waals surface area contributed by atoms with Crippen molar-refractivity contribution in [1.29, 1.82) is 0 Å². The number of carboxylic acid groups (broad SMARTS) is 1. The summed E-state index contributed by atoms with van der Waals surface area (Å²) in [5.41, 5.74) is 0.994. The van der Waals surface area contributed by atoms with Gasteiger partial charge in [-0.3, -0.25) is 9.59 Å². The smallest absolute Gasteiger partial charge is 0.303 e. The third kappa shape index (κ3) is 4.68. The molecule has 0 radical (unpaired) electrons. The molecule has 0 fully saturated rings. The van der Waals surface area contributed by atoms with Crippen LogP contribution in [0.4, 0.5) is 0 Å². The highest BCUT2D eigenvalue weighted by atomic mass is 16.4. The number of nitrogens with zero attached hydrogens (tertiary/aromatic N) is 4. The zero-order valence-corrected chi connectivity index (χ0v) is 11.3. The van der Waals surface area contributed by atoms with Crippen LogP contribution in [-0.2, 0) is 29.1 Å². The number of rotatable bonds is 7. The molecular weight excluding hydrogens is 274 g/mol. The van der Waals surface area contributed by atoms with Crippen LogP contribution in [0.15, 0.2) is 30.3 Å². The van der Waals surface area contributed by atoms with Crippen LogP contribution in [0.5, 0.6) is 0 Å². The second-order valence-electron chi connectivity index (χ2n) is 4.41. The Morgan fingerprint density at radius 3 is 2.71 bits per heavy atom. The van der Waals surface area contributed by atoms with Crippen LogP contribution in [-0.4, -0.2) is 37.2 Å². The number of benzene rings is 1. The van der Waals surface area contributed by atoms with E-state index in [1.165, 1.54) is 4.68 Å². The van der Waals surface area contributed by atoms with Gasteiger partial charge in [0.05, 0.1) is 6.42 Å². The molecule has 1 aromatic heterocycles. The summed E-state index contributed by atoms with van der Waals surface area (Å²) < 4.78 is 1.31. The van der Waals surface area contributed by atoms with E-state index in [-0.39, 0.29) is 25.3 Å². The fourth-order valence-corrected chi connectivity index (χ4v) is 1.73. The lowest BCUT2D eigenvalue weighted by molar-refractivity contribution is -0.137. The van der Waals surface area contributed by atoms with E-state index in [9.17, 15) is 9.59 Å². The van der Waals surface area contributed by atoms with E-state index >= 15 is 0 Å². The highest BCUT2D eigenvalue weighted by Crippen LogP contribution is 1.99. The molecule has 0 bridgehead atoms. The lowest BCUT2D eigenvalue weighted by Crippen LogP contribution is -2.28. The maximum absolute atomic E-state index is 11.8. The van der Waals surface area contributed by atoms with Gasteiger partial charge in [0, 0.05) is 13.0 Å². The fraction of sp³-hybridized carbons (Fsp3) is 0.308. The first kappa shape index (κ1) is 14.6. The molecule has 0 unspecified atom stereocenters. The lowest BCUT2D eigenvalue weighted by atomic mass is 10.2. The number of carbonyl (C=O) groups excluding carboxylic acids is 1. The van der Waals surface area contributed by atoms with Gasteiger partial charge >= 0.3 is 5.97 Å². The molecule has 1 heterocycles. The molecule has 0 aliphatic heterocycles. The highest BCUT2D eigenvalue weighted by molar-refractivity contribution is 5.75. The number of nitrogens with one attached hydrogen (secondary N) is 1. The van der Waals surface area contributed by atoms with Crippen molar-refractivity contribution < 1.29 is 14.7 Å². The Balaban J connectivity index is 1.85. The molecule has 0 saturated heterocycles. The van der Waals surface area contributed by atoms with Crippen molar-refractivity contribution in [2.24, 2.45) is 0 Å². The van der Waals surface area contributed by atoms with Crippen molar-refractivity contribution in [1.82, 2.24) is 25.5 Å². The first-order chi connectivity index (χ1) is 10.1. The SMILES string of the molecule is O=C(O)CCc1nnnn1CC(=O)NCc1ccccc1. The number of aryl methyl sites for hydroxylation is 1. The monoisotopic (exact) mass is 289 g/mol. The van der Waals surface area contributed by atoms with Gasteiger partial charge in [0.25, 0.3) is 0 Å². The van der Waals surface area contributed by atoms with Crippen LogP contribution in [0.1, 0.15) is 17.8 Å². The predicted octanol–water partition coefficient (Wildman–Crippen LogP) is 0.00670. The topological polar surface area (TPSA) is 110 Å². The number of aliphatic carboxylic acids is 1. The number of amides is 1. The zero-order chi connectivity index (χ0) is 15.1. The average molecular weight is 289 g/mol. The van der Waals surface area contributed by atoms with E-state index in [1.54, 1.807) is 0 Å². The van der Waals surface area contributed by atoms with Crippen LogP contribution >= 0.6 is 0 Å². The van der Waals surface area contributed by atoms with Gasteiger partial charge in [0.15, 0.2) is 5.82 Å². The molecule has 0 spiro atoms. The molecular formula is C13H15N5O3. The van der Waals surface area contributed by atoms with Gasteiger partial charge < -0.3 is 10.4 Å². The third-order valence-electron chi connectivity index (χ3n) is 2.79. The number of carboxylic acids is 1. The number of carbonyl (C=O) groups is 2. The molecule has 1 amide bonds. The van der Waals surface area contributed by atoms with Crippen LogP contribution in [0.3, 0.4) is 0 Å². The normalized spacial score (nSPS) is 10.3. The Morgan fingerprint density at radius 2 is 2.00 bits per heavy atom. The standard InChI is InChI=1S/C13H15N5O3/c19-12(14-8-10-4-2-1-3-5-10)9-18-11(15-16-17-18)6-7-13(20)21/h1-5H,6-9H2,(H,14,19)(H,20,21). The van der Waals surface area contributed by atoms with Crippen molar-refractivity contribution in [3.63, 3.8) is 0 Å². The molecule has 0 aliphatic carbocycles. The van der Waals surface area contributed by atoms with Gasteiger partial charge in [-0.1, -0.05) is 30.3 Å². The summed E-state index contributed by atoms with van der Waals surface area (Å²) in [5, 5.41) is 22.3. The van der Waals surface area contributed by atoms with E-state index in [0.29, 0.717) is 12.4 Å². The second-order valence-corrected chi connectivity index (χ2v) is 4.41. The molecule has 8 heteroatoms. The minimum Gasteiger partial charge on any atom is -0.481 e. The molecule has 2 aromatic rings. The van der Waals surface area contributed by atoms with E-state index in [4.69, 9.17) is 5.11 Å². The van der Waals surface area contributed by atoms with Crippen molar-refractivity contribution in [3.8, 4) is 0 Å². The van der Waals surface area contributed by atoms with Crippen LogP contribution in [0, 0.1) is 0 Å². The maximum atomic E-state index is 11.8. The zero-order valence-electron chi connectivity index (χ0n) is 11.3. The van der Waals surface area contributed by atoms with Crippen molar-refractivity contribution in [2.45, 2.75) is 25.9 Å². The Kier molecular flexibility index (Phi) is 4.97. The van der Waals surface area contributed by atoms with Crippen molar-refractivity contribution in [2.75, 3.05) is 0 Å². The predicted molar refractivity (Wildman–Crippen MR) is 72.1 cm³/mol. The summed E-state index contributed by atoms with van der Waals surface area (Å²) in [6, 6.07) is 9.52. The Hall–Kier alpha value is -2.77. The molecule has 0 aliphatic rings. The Bertz CT molecular complexity index is 611. The summed E-state index contributed by atoms with van der Waals surface area (Å²) in [6.45, 7) is 0.390. The molecule has 0 saturated carbocycles. The largest absolute Gasteiger partial charge is 0.481 e. The van der Waals surface area contributed by atoms with Gasteiger partial charge in [-0.2, -0.15) is 0 Å². The summed E-state index contributed by atoms with van der Waals surface area (Å²) in [4.78, 5) is 22.4. The van der Waals surface area contributed by atoms with Gasteiger partial charge in [-0.15, -0.1) is 5.10 Å². The van der Waals surface area contributed by atoms with Crippen LogP contribution < -0.4 is 5.32 Å². The first-order valence-electron chi connectivity index (χ1n) is 6.42. The van der Waals surface area contributed by atoms with E-state index in [2.05, 4.69) is 20.8 Å². The Labute approximate surface area is 120 Å². The number of hydrogen-bond acceptors (Lipinski definition) is 5. The molecule has 1 aromatic carbocycles.